The van der Waals surface area contributed by atoms with Crippen LogP contribution in [0.15, 0.2) is 24.3 Å². The summed E-state index contributed by atoms with van der Waals surface area (Å²) in [5, 5.41) is 0. The minimum absolute atomic E-state index is 0.121. The van der Waals surface area contributed by atoms with Crippen molar-refractivity contribution < 1.29 is 4.39 Å². The predicted octanol–water partition coefficient (Wildman–Crippen LogP) is 3.27. The molecule has 2 aliphatic rings. The van der Waals surface area contributed by atoms with Gasteiger partial charge in [-0.15, -0.1) is 0 Å². The molecule has 2 fully saturated rings. The Bertz CT molecular complexity index is 386. The van der Waals surface area contributed by atoms with Gasteiger partial charge < -0.3 is 4.90 Å². The molecule has 92 valence electrons. The monoisotopic (exact) mass is 233 g/mol. The van der Waals surface area contributed by atoms with Gasteiger partial charge in [-0.3, -0.25) is 0 Å². The van der Waals surface area contributed by atoms with E-state index in [1.165, 1.54) is 37.9 Å². The van der Waals surface area contributed by atoms with Crippen molar-refractivity contribution in [1.82, 2.24) is 4.90 Å². The van der Waals surface area contributed by atoms with E-state index in [2.05, 4.69) is 11.9 Å². The van der Waals surface area contributed by atoms with E-state index in [9.17, 15) is 4.39 Å². The van der Waals surface area contributed by atoms with Gasteiger partial charge in [0.05, 0.1) is 0 Å². The number of hydrogen-bond donors (Lipinski definition) is 0. The van der Waals surface area contributed by atoms with Gasteiger partial charge in [-0.2, -0.15) is 0 Å². The van der Waals surface area contributed by atoms with Gasteiger partial charge in [0.2, 0.25) is 0 Å². The zero-order chi connectivity index (χ0) is 11.8. The highest BCUT2D eigenvalue weighted by molar-refractivity contribution is 5.22. The van der Waals surface area contributed by atoms with Crippen molar-refractivity contribution >= 4 is 0 Å². The Hall–Kier alpha value is -0.890. The highest BCUT2D eigenvalue weighted by atomic mass is 19.1. The van der Waals surface area contributed by atoms with E-state index in [0.717, 1.165) is 11.8 Å². The largest absolute Gasteiger partial charge is 0.306 e. The Morgan fingerprint density at radius 2 is 1.88 bits per heavy atom. The number of halogens is 1. The third kappa shape index (κ3) is 2.11. The Kier molecular flexibility index (Phi) is 2.91. The summed E-state index contributed by atoms with van der Waals surface area (Å²) >= 11 is 0. The molecule has 0 bridgehead atoms. The van der Waals surface area contributed by atoms with E-state index < -0.39 is 0 Å². The minimum Gasteiger partial charge on any atom is -0.306 e. The van der Waals surface area contributed by atoms with Crippen molar-refractivity contribution in [1.29, 1.82) is 0 Å². The quantitative estimate of drug-likeness (QED) is 0.719. The summed E-state index contributed by atoms with van der Waals surface area (Å²) < 4.78 is 13.0. The van der Waals surface area contributed by atoms with Crippen LogP contribution in [0.25, 0.3) is 0 Å². The number of likely N-dealkylation sites (tertiary alicyclic amines) is 1. The van der Waals surface area contributed by atoms with Gasteiger partial charge in [-0.1, -0.05) is 18.6 Å². The maximum Gasteiger partial charge on any atom is 0.123 e. The Morgan fingerprint density at radius 1 is 1.12 bits per heavy atom. The maximum atomic E-state index is 13.0. The number of fused-ring (bicyclic) bond motifs is 1. The van der Waals surface area contributed by atoms with Crippen LogP contribution in [0.1, 0.15) is 30.7 Å². The third-order valence-corrected chi connectivity index (χ3v) is 4.58. The first-order valence-electron chi connectivity index (χ1n) is 6.68. The molecule has 1 aliphatic heterocycles. The molecule has 0 spiro atoms. The second-order valence-corrected chi connectivity index (χ2v) is 5.73. The molecular weight excluding hydrogens is 213 g/mol. The Morgan fingerprint density at radius 3 is 2.65 bits per heavy atom. The van der Waals surface area contributed by atoms with Crippen molar-refractivity contribution in [3.63, 3.8) is 0 Å². The lowest BCUT2D eigenvalue weighted by Crippen LogP contribution is -2.25. The van der Waals surface area contributed by atoms with Gasteiger partial charge in [-0.05, 0) is 55.3 Å². The number of hydrogen-bond acceptors (Lipinski definition) is 1. The summed E-state index contributed by atoms with van der Waals surface area (Å²) in [5.74, 6) is 2.19. The van der Waals surface area contributed by atoms with Gasteiger partial charge >= 0.3 is 0 Å². The van der Waals surface area contributed by atoms with Crippen molar-refractivity contribution in [2.24, 2.45) is 11.8 Å². The van der Waals surface area contributed by atoms with E-state index in [0.29, 0.717) is 5.92 Å². The molecule has 17 heavy (non-hydrogen) atoms. The molecule has 3 rings (SSSR count). The third-order valence-electron chi connectivity index (χ3n) is 4.58. The van der Waals surface area contributed by atoms with Gasteiger partial charge in [0.1, 0.15) is 5.82 Å². The first kappa shape index (κ1) is 11.2. The predicted molar refractivity (Wildman–Crippen MR) is 67.5 cm³/mol. The molecule has 1 aliphatic carbocycles. The molecule has 0 aromatic heterocycles. The molecule has 0 unspecified atom stereocenters. The molecule has 1 saturated heterocycles. The SMILES string of the molecule is CN1C[C@@H]2CCC[C@H](c3ccc(F)cc3)[C@@H]2C1. The lowest BCUT2D eigenvalue weighted by atomic mass is 9.71. The minimum atomic E-state index is -0.121. The van der Waals surface area contributed by atoms with Crippen LogP contribution >= 0.6 is 0 Å². The zero-order valence-corrected chi connectivity index (χ0v) is 10.4. The van der Waals surface area contributed by atoms with Crippen LogP contribution in [-0.2, 0) is 0 Å². The highest BCUT2D eigenvalue weighted by Crippen LogP contribution is 2.44. The first-order valence-corrected chi connectivity index (χ1v) is 6.68. The van der Waals surface area contributed by atoms with Crippen LogP contribution in [-0.4, -0.2) is 25.0 Å². The fourth-order valence-corrected chi connectivity index (χ4v) is 3.82. The van der Waals surface area contributed by atoms with Gasteiger partial charge in [0.15, 0.2) is 0 Å². The zero-order valence-electron chi connectivity index (χ0n) is 10.4. The van der Waals surface area contributed by atoms with Crippen molar-refractivity contribution in [2.75, 3.05) is 20.1 Å². The highest BCUT2D eigenvalue weighted by Gasteiger charge is 2.39. The van der Waals surface area contributed by atoms with Gasteiger partial charge in [-0.25, -0.2) is 4.39 Å². The fourth-order valence-electron chi connectivity index (χ4n) is 3.82. The lowest BCUT2D eigenvalue weighted by molar-refractivity contribution is 0.258. The summed E-state index contributed by atoms with van der Waals surface area (Å²) in [6.07, 6.45) is 3.99. The van der Waals surface area contributed by atoms with E-state index in [1.54, 1.807) is 12.1 Å². The topological polar surface area (TPSA) is 3.24 Å². The summed E-state index contributed by atoms with van der Waals surface area (Å²) in [4.78, 5) is 2.46. The molecule has 1 nitrogen and oxygen atoms in total. The average molecular weight is 233 g/mol. The smallest absolute Gasteiger partial charge is 0.123 e. The van der Waals surface area contributed by atoms with Crippen molar-refractivity contribution in [2.45, 2.75) is 25.2 Å². The normalized spacial score (nSPS) is 33.6. The lowest BCUT2D eigenvalue weighted by Gasteiger charge is -2.33. The molecule has 1 saturated carbocycles. The summed E-state index contributed by atoms with van der Waals surface area (Å²) in [6.45, 7) is 2.47. The second-order valence-electron chi connectivity index (χ2n) is 5.73. The second kappa shape index (κ2) is 4.41. The van der Waals surface area contributed by atoms with Crippen LogP contribution in [0.3, 0.4) is 0 Å². The average Bonchev–Trinajstić information content (AvgIpc) is 2.70. The molecule has 0 N–H and O–H groups in total. The maximum absolute atomic E-state index is 13.0. The van der Waals surface area contributed by atoms with Crippen LogP contribution in [0.5, 0.6) is 0 Å². The van der Waals surface area contributed by atoms with Gasteiger partial charge in [0.25, 0.3) is 0 Å². The Balaban J connectivity index is 1.84. The number of benzene rings is 1. The van der Waals surface area contributed by atoms with E-state index in [-0.39, 0.29) is 5.82 Å². The van der Waals surface area contributed by atoms with Crippen LogP contribution < -0.4 is 0 Å². The standard InChI is InChI=1S/C15H20FN/c1-17-9-12-3-2-4-14(15(12)10-17)11-5-7-13(16)8-6-11/h5-8,12,14-15H,2-4,9-10H2,1H3/t12-,14+,15+/m0/s1. The van der Waals surface area contributed by atoms with E-state index >= 15 is 0 Å². The Labute approximate surface area is 103 Å². The molecule has 0 radical (unpaired) electrons. The van der Waals surface area contributed by atoms with Crippen LogP contribution in [0.4, 0.5) is 4.39 Å². The summed E-state index contributed by atoms with van der Waals surface area (Å²) in [7, 11) is 2.22. The van der Waals surface area contributed by atoms with Crippen LogP contribution in [0, 0.1) is 17.7 Å². The van der Waals surface area contributed by atoms with Crippen LogP contribution in [0.2, 0.25) is 0 Å². The fraction of sp³-hybridized carbons (Fsp3) is 0.600. The number of rotatable bonds is 1. The summed E-state index contributed by atoms with van der Waals surface area (Å²) in [5.41, 5.74) is 1.34. The summed E-state index contributed by atoms with van der Waals surface area (Å²) in [6, 6.07) is 7.19. The molecule has 2 heteroatoms. The van der Waals surface area contributed by atoms with Crippen molar-refractivity contribution in [3.05, 3.63) is 35.6 Å². The van der Waals surface area contributed by atoms with Crippen molar-refractivity contribution in [3.8, 4) is 0 Å². The molecule has 1 heterocycles. The first-order chi connectivity index (χ1) is 8.24. The number of nitrogens with zero attached hydrogens (tertiary/aromatic N) is 1. The van der Waals surface area contributed by atoms with Gasteiger partial charge in [0, 0.05) is 13.1 Å². The molecule has 1 aromatic carbocycles. The molecule has 0 amide bonds. The molecule has 1 aromatic rings. The molecular formula is C15H20FN. The van der Waals surface area contributed by atoms with E-state index in [4.69, 9.17) is 0 Å². The molecule has 3 atom stereocenters. The van der Waals surface area contributed by atoms with E-state index in [1.807, 2.05) is 12.1 Å².